The Morgan fingerprint density at radius 3 is 2.64 bits per heavy atom. The summed E-state index contributed by atoms with van der Waals surface area (Å²) in [5.41, 5.74) is 2.54. The number of rotatable bonds is 7. The van der Waals surface area contributed by atoms with E-state index < -0.39 is 36.1 Å². The smallest absolute Gasteiger partial charge is 0.451 e. The fraction of sp³-hybridized carbons (Fsp3) is 0.300. The van der Waals surface area contributed by atoms with E-state index in [1.807, 2.05) is 23.3 Å². The van der Waals surface area contributed by atoms with Crippen LogP contribution < -0.4 is 15.0 Å². The van der Waals surface area contributed by atoms with Crippen LogP contribution in [0.15, 0.2) is 54.6 Å². The lowest BCUT2D eigenvalue weighted by Gasteiger charge is -2.29. The number of nitrogens with zero attached hydrogens (tertiary/aromatic N) is 4. The van der Waals surface area contributed by atoms with Crippen LogP contribution in [0.3, 0.4) is 0 Å². The third-order valence-corrected chi connectivity index (χ3v) is 7.76. The maximum Gasteiger partial charge on any atom is 0.451 e. The molecular weight excluding hydrogens is 581 g/mol. The topological polar surface area (TPSA) is 141 Å². The number of hydrogen-bond donors (Lipinski definition) is 3. The van der Waals surface area contributed by atoms with Crippen molar-refractivity contribution in [2.75, 3.05) is 19.1 Å². The van der Waals surface area contributed by atoms with E-state index in [1.54, 1.807) is 41.3 Å². The number of halogens is 3. The van der Waals surface area contributed by atoms with Gasteiger partial charge in [0.2, 0.25) is 17.6 Å². The second-order valence-electron chi connectivity index (χ2n) is 10.4. The molecule has 3 N–H and O–H groups in total. The maximum atomic E-state index is 14.1. The molecule has 5 rings (SSSR count). The number of methoxy groups -OCH3 is 1. The molecule has 2 atom stereocenters. The van der Waals surface area contributed by atoms with E-state index in [2.05, 4.69) is 15.4 Å². The fourth-order valence-corrected chi connectivity index (χ4v) is 5.19. The number of fused-ring (bicyclic) bond motifs is 2. The molecular formula is C30H29F3N6O5. The molecule has 1 aliphatic heterocycles. The monoisotopic (exact) mass is 610 g/mol. The zero-order valence-corrected chi connectivity index (χ0v) is 24.0. The number of carbonyl (C=O) groups excluding carboxylic acids is 2. The molecule has 3 amide bonds. The average molecular weight is 611 g/mol. The maximum absolute atomic E-state index is 14.1. The summed E-state index contributed by atoms with van der Waals surface area (Å²) in [6.07, 6.45) is -5.16. The summed E-state index contributed by atoms with van der Waals surface area (Å²) in [5.74, 6) is -1.82. The predicted octanol–water partition coefficient (Wildman–Crippen LogP) is 4.61. The van der Waals surface area contributed by atoms with Gasteiger partial charge in [-0.05, 0) is 54.3 Å². The number of aromatic nitrogens is 3. The Bertz CT molecular complexity index is 1740. The number of hydrogen-bond acceptors (Lipinski definition) is 6. The Hall–Kier alpha value is -5.14. The van der Waals surface area contributed by atoms with Gasteiger partial charge in [0, 0.05) is 23.9 Å². The molecule has 44 heavy (non-hydrogen) atoms. The van der Waals surface area contributed by atoms with Gasteiger partial charge in [0.05, 0.1) is 13.7 Å². The van der Waals surface area contributed by atoms with Crippen molar-refractivity contribution in [1.82, 2.24) is 25.4 Å². The molecule has 1 aliphatic rings. The summed E-state index contributed by atoms with van der Waals surface area (Å²) in [6, 6.07) is 13.8. The molecule has 1 aromatic heterocycles. The first-order valence-electron chi connectivity index (χ1n) is 13.6. The molecule has 0 aliphatic carbocycles. The SMILES string of the molecule is COc1ccc2cc(-c3n[nH]c(C(F)(F)F)n3)ccc2c1CN1C(=O)[C@@H](NC(=O)[C@H](C)N(C)C(=O)O)CCc2ccccc21. The standard InChI is InChI=1S/C30H29F3N6O5/c1-16(38(2)29(42)43)26(40)34-22-12-9-17-6-4-5-7-23(17)39(27(22)41)15-21-20-11-8-19(14-18(20)10-13-24(21)44-3)25-35-28(37-36-25)30(31,32)33/h4-8,10-11,13-14,16,22H,9,12,15H2,1-3H3,(H,34,40)(H,42,43)(H,35,36,37)/t16-,22-/m0/s1. The highest BCUT2D eigenvalue weighted by atomic mass is 19.4. The van der Waals surface area contributed by atoms with Gasteiger partial charge in [-0.1, -0.05) is 36.4 Å². The number of carbonyl (C=O) groups is 3. The van der Waals surface area contributed by atoms with E-state index in [9.17, 15) is 32.7 Å². The highest BCUT2D eigenvalue weighted by Gasteiger charge is 2.36. The molecule has 0 saturated carbocycles. The molecule has 4 aromatic rings. The van der Waals surface area contributed by atoms with Crippen LogP contribution in [0.5, 0.6) is 5.75 Å². The summed E-state index contributed by atoms with van der Waals surface area (Å²) in [5, 5.41) is 19.0. The Labute approximate surface area is 249 Å². The minimum absolute atomic E-state index is 0.0472. The number of aryl methyl sites for hydroxylation is 1. The van der Waals surface area contributed by atoms with Gasteiger partial charge >= 0.3 is 12.3 Å². The van der Waals surface area contributed by atoms with E-state index >= 15 is 0 Å². The number of carboxylic acid groups (broad SMARTS) is 1. The molecule has 0 radical (unpaired) electrons. The first-order valence-corrected chi connectivity index (χ1v) is 13.6. The second kappa shape index (κ2) is 11.9. The third kappa shape index (κ3) is 5.87. The second-order valence-corrected chi connectivity index (χ2v) is 10.4. The molecule has 230 valence electrons. The molecule has 0 bridgehead atoms. The van der Waals surface area contributed by atoms with Crippen molar-refractivity contribution in [3.63, 3.8) is 0 Å². The lowest BCUT2D eigenvalue weighted by Crippen LogP contribution is -2.53. The molecule has 0 unspecified atom stereocenters. The first kappa shape index (κ1) is 30.3. The number of para-hydroxylation sites is 1. The summed E-state index contributed by atoms with van der Waals surface area (Å²) in [6.45, 7) is 1.49. The molecule has 0 saturated heterocycles. The van der Waals surface area contributed by atoms with Gasteiger partial charge in [0.1, 0.15) is 17.8 Å². The van der Waals surface area contributed by atoms with E-state index in [0.29, 0.717) is 46.2 Å². The quantitative estimate of drug-likeness (QED) is 0.278. The van der Waals surface area contributed by atoms with Crippen molar-refractivity contribution in [3.05, 3.63) is 71.5 Å². The normalized spacial score (nSPS) is 15.8. The van der Waals surface area contributed by atoms with Crippen molar-refractivity contribution in [1.29, 1.82) is 0 Å². The number of ether oxygens (including phenoxy) is 1. The van der Waals surface area contributed by atoms with Gasteiger partial charge in [-0.3, -0.25) is 19.6 Å². The zero-order chi connectivity index (χ0) is 31.8. The molecule has 0 fully saturated rings. The summed E-state index contributed by atoms with van der Waals surface area (Å²) in [7, 11) is 2.77. The molecule has 3 aromatic carbocycles. The molecule has 2 heterocycles. The van der Waals surface area contributed by atoms with Crippen molar-refractivity contribution >= 4 is 34.4 Å². The number of amides is 3. The van der Waals surface area contributed by atoms with Crippen LogP contribution in [0.25, 0.3) is 22.2 Å². The average Bonchev–Trinajstić information content (AvgIpc) is 3.48. The molecule has 14 heteroatoms. The largest absolute Gasteiger partial charge is 0.496 e. The van der Waals surface area contributed by atoms with Crippen molar-refractivity contribution in [2.45, 2.75) is 44.6 Å². The molecule has 11 nitrogen and oxygen atoms in total. The highest BCUT2D eigenvalue weighted by Crippen LogP contribution is 2.36. The molecule has 0 spiro atoms. The van der Waals surface area contributed by atoms with E-state index in [1.165, 1.54) is 21.1 Å². The minimum atomic E-state index is -4.67. The fourth-order valence-electron chi connectivity index (χ4n) is 5.19. The van der Waals surface area contributed by atoms with Gasteiger partial charge in [0.15, 0.2) is 5.82 Å². The minimum Gasteiger partial charge on any atom is -0.496 e. The first-order chi connectivity index (χ1) is 20.9. The number of benzene rings is 3. The van der Waals surface area contributed by atoms with Crippen LogP contribution in [0, 0.1) is 0 Å². The van der Waals surface area contributed by atoms with Crippen LogP contribution >= 0.6 is 0 Å². The number of anilines is 1. The van der Waals surface area contributed by atoms with Crippen molar-refractivity contribution < 1.29 is 37.4 Å². The Morgan fingerprint density at radius 1 is 1.20 bits per heavy atom. The van der Waals surface area contributed by atoms with Crippen molar-refractivity contribution in [2.24, 2.45) is 0 Å². The van der Waals surface area contributed by atoms with E-state index in [-0.39, 0.29) is 18.3 Å². The lowest BCUT2D eigenvalue weighted by molar-refractivity contribution is -0.144. The number of nitrogens with one attached hydrogen (secondary N) is 2. The lowest BCUT2D eigenvalue weighted by atomic mass is 9.99. The van der Waals surface area contributed by atoms with Crippen molar-refractivity contribution in [3.8, 4) is 17.1 Å². The van der Waals surface area contributed by atoms with Gasteiger partial charge in [0.25, 0.3) is 0 Å². The number of aromatic amines is 1. The van der Waals surface area contributed by atoms with Gasteiger partial charge in [-0.25, -0.2) is 9.78 Å². The Balaban J connectivity index is 1.52. The Kier molecular flexibility index (Phi) is 8.17. The summed E-state index contributed by atoms with van der Waals surface area (Å²) in [4.78, 5) is 44.4. The van der Waals surface area contributed by atoms with Gasteiger partial charge in [-0.2, -0.15) is 18.3 Å². The van der Waals surface area contributed by atoms with Crippen LogP contribution in [0.4, 0.5) is 23.7 Å². The van der Waals surface area contributed by atoms with Gasteiger partial charge in [-0.15, -0.1) is 0 Å². The zero-order valence-electron chi connectivity index (χ0n) is 24.0. The predicted molar refractivity (Wildman–Crippen MR) is 154 cm³/mol. The Morgan fingerprint density at radius 2 is 1.95 bits per heavy atom. The van der Waals surface area contributed by atoms with E-state index in [0.717, 1.165) is 10.5 Å². The van der Waals surface area contributed by atoms with Crippen LogP contribution in [-0.2, 0) is 28.7 Å². The summed E-state index contributed by atoms with van der Waals surface area (Å²) < 4.78 is 44.9. The number of alkyl halides is 3. The van der Waals surface area contributed by atoms with Crippen LogP contribution in [0.1, 0.15) is 30.3 Å². The van der Waals surface area contributed by atoms with Gasteiger partial charge < -0.3 is 20.1 Å². The van der Waals surface area contributed by atoms with E-state index in [4.69, 9.17) is 4.74 Å². The number of H-pyrrole nitrogens is 1. The number of likely N-dealkylation sites (N-methyl/N-ethyl adjacent to an activating group) is 1. The highest BCUT2D eigenvalue weighted by molar-refractivity contribution is 6.02. The van der Waals surface area contributed by atoms with Crippen LogP contribution in [0.2, 0.25) is 0 Å². The van der Waals surface area contributed by atoms with Crippen LogP contribution in [-0.4, -0.2) is 69.3 Å². The summed E-state index contributed by atoms with van der Waals surface area (Å²) >= 11 is 0. The third-order valence-electron chi connectivity index (χ3n) is 7.76.